The van der Waals surface area contributed by atoms with E-state index in [2.05, 4.69) is 10.3 Å². The van der Waals surface area contributed by atoms with Crippen molar-refractivity contribution in [3.8, 4) is 11.5 Å². The average molecular weight is 282 g/mol. The first-order valence-electron chi connectivity index (χ1n) is 6.93. The predicted octanol–water partition coefficient (Wildman–Crippen LogP) is 3.13. The molecule has 108 valence electrons. The van der Waals surface area contributed by atoms with Crippen LogP contribution in [0.3, 0.4) is 0 Å². The van der Waals surface area contributed by atoms with Gasteiger partial charge >= 0.3 is 0 Å². The smallest absolute Gasteiger partial charge is 0.115 e. The fraction of sp³-hybridized carbons (Fsp3) is 0.235. The molecule has 1 aliphatic rings. The molecule has 0 amide bonds. The molecule has 3 N–H and O–H groups in total. The Morgan fingerprint density at radius 1 is 0.905 bits per heavy atom. The highest BCUT2D eigenvalue weighted by molar-refractivity contribution is 5.61. The molecule has 1 heterocycles. The highest BCUT2D eigenvalue weighted by atomic mass is 16.3. The van der Waals surface area contributed by atoms with E-state index >= 15 is 0 Å². The lowest BCUT2D eigenvalue weighted by Gasteiger charge is -2.22. The Labute approximate surface area is 123 Å². The van der Waals surface area contributed by atoms with Crippen LogP contribution in [0, 0.1) is 13.8 Å². The van der Waals surface area contributed by atoms with Crippen molar-refractivity contribution in [3.05, 3.63) is 58.7 Å². The monoisotopic (exact) mass is 282 g/mol. The molecule has 4 heteroatoms. The van der Waals surface area contributed by atoms with Crippen LogP contribution < -0.4 is 5.32 Å². The first kappa shape index (κ1) is 13.5. The lowest BCUT2D eigenvalue weighted by Crippen LogP contribution is -2.19. The van der Waals surface area contributed by atoms with Gasteiger partial charge in [-0.15, -0.1) is 0 Å². The summed E-state index contributed by atoms with van der Waals surface area (Å²) in [6, 6.07) is 10.8. The van der Waals surface area contributed by atoms with Crippen molar-refractivity contribution in [2.75, 3.05) is 0 Å². The summed E-state index contributed by atoms with van der Waals surface area (Å²) in [5.41, 5.74) is 4.25. The van der Waals surface area contributed by atoms with Crippen LogP contribution in [0.4, 0.5) is 0 Å². The maximum Gasteiger partial charge on any atom is 0.115 e. The molecule has 21 heavy (non-hydrogen) atoms. The van der Waals surface area contributed by atoms with Crippen LogP contribution >= 0.6 is 0 Å². The molecule has 0 spiro atoms. The molecule has 2 atom stereocenters. The number of benzene rings is 2. The summed E-state index contributed by atoms with van der Waals surface area (Å²) >= 11 is 0. The standard InChI is InChI=1S/C17H18N2O2/c1-10-7-12(20)3-5-14(10)16-17(19-9-18-16)15-6-4-13(21)8-11(15)2/h3-9,16-17,20-21H,1-2H3,(H,18,19)/t16-,17+. The molecule has 0 saturated carbocycles. The Balaban J connectivity index is 2.00. The second-order valence-corrected chi connectivity index (χ2v) is 5.45. The van der Waals surface area contributed by atoms with E-state index in [-0.39, 0.29) is 23.6 Å². The topological polar surface area (TPSA) is 64.9 Å². The molecule has 2 aromatic rings. The van der Waals surface area contributed by atoms with E-state index in [1.807, 2.05) is 26.0 Å². The molecule has 3 rings (SSSR count). The first-order valence-corrected chi connectivity index (χ1v) is 6.93. The van der Waals surface area contributed by atoms with Crippen molar-refractivity contribution >= 4 is 6.34 Å². The summed E-state index contributed by atoms with van der Waals surface area (Å²) in [5.74, 6) is 0.538. The number of aromatic hydroxyl groups is 2. The maximum atomic E-state index is 9.56. The Morgan fingerprint density at radius 3 is 2.05 bits per heavy atom. The number of phenolic OH excluding ortho intramolecular Hbond substituents is 2. The van der Waals surface area contributed by atoms with Gasteiger partial charge in [0.1, 0.15) is 17.5 Å². The van der Waals surface area contributed by atoms with Crippen LogP contribution in [-0.4, -0.2) is 16.6 Å². The Kier molecular flexibility index (Phi) is 3.29. The molecule has 0 fully saturated rings. The third kappa shape index (κ3) is 2.44. The number of nitrogens with zero attached hydrogens (tertiary/aromatic N) is 1. The zero-order valence-electron chi connectivity index (χ0n) is 12.0. The summed E-state index contributed by atoms with van der Waals surface area (Å²) in [6.07, 6.45) is 1.73. The van der Waals surface area contributed by atoms with E-state index in [0.29, 0.717) is 0 Å². The molecule has 2 aromatic carbocycles. The first-order chi connectivity index (χ1) is 10.1. The summed E-state index contributed by atoms with van der Waals surface area (Å²) in [7, 11) is 0. The van der Waals surface area contributed by atoms with E-state index in [9.17, 15) is 10.2 Å². The van der Waals surface area contributed by atoms with Crippen molar-refractivity contribution in [3.63, 3.8) is 0 Å². The number of hydrogen-bond donors (Lipinski definition) is 3. The Bertz CT molecular complexity index is 710. The van der Waals surface area contributed by atoms with Gasteiger partial charge < -0.3 is 15.5 Å². The number of aryl methyl sites for hydroxylation is 2. The van der Waals surface area contributed by atoms with Gasteiger partial charge in [-0.25, -0.2) is 0 Å². The number of hydrogen-bond acceptors (Lipinski definition) is 4. The minimum atomic E-state index is -0.0335. The van der Waals surface area contributed by atoms with E-state index in [1.165, 1.54) is 0 Å². The molecule has 0 aromatic heterocycles. The molecule has 0 aliphatic carbocycles. The van der Waals surface area contributed by atoms with E-state index < -0.39 is 0 Å². The summed E-state index contributed by atoms with van der Waals surface area (Å²) in [6.45, 7) is 3.96. The zero-order valence-corrected chi connectivity index (χ0v) is 12.0. The normalized spacial score (nSPS) is 20.5. The Morgan fingerprint density at radius 2 is 1.48 bits per heavy atom. The van der Waals surface area contributed by atoms with Gasteiger partial charge in [0, 0.05) is 0 Å². The minimum Gasteiger partial charge on any atom is -0.508 e. The van der Waals surface area contributed by atoms with Crippen LogP contribution in [0.1, 0.15) is 34.3 Å². The van der Waals surface area contributed by atoms with E-state index in [0.717, 1.165) is 22.3 Å². The summed E-state index contributed by atoms with van der Waals surface area (Å²) < 4.78 is 0. The third-order valence-electron chi connectivity index (χ3n) is 3.97. The predicted molar refractivity (Wildman–Crippen MR) is 82.8 cm³/mol. The van der Waals surface area contributed by atoms with Gasteiger partial charge in [0.25, 0.3) is 0 Å². The molecule has 0 saturated heterocycles. The second kappa shape index (κ2) is 5.13. The van der Waals surface area contributed by atoms with Crippen LogP contribution in [0.15, 0.2) is 41.4 Å². The molecule has 1 aliphatic heterocycles. The fourth-order valence-corrected chi connectivity index (χ4v) is 2.90. The molecule has 0 bridgehead atoms. The number of aliphatic imine (C=N–C) groups is 1. The van der Waals surface area contributed by atoms with Crippen molar-refractivity contribution in [1.82, 2.24) is 5.32 Å². The lowest BCUT2D eigenvalue weighted by atomic mass is 9.90. The third-order valence-corrected chi connectivity index (χ3v) is 3.97. The quantitative estimate of drug-likeness (QED) is 0.793. The van der Waals surface area contributed by atoms with Crippen LogP contribution in [0.25, 0.3) is 0 Å². The molecule has 0 radical (unpaired) electrons. The summed E-state index contributed by atoms with van der Waals surface area (Å²) in [4.78, 5) is 4.54. The van der Waals surface area contributed by atoms with Gasteiger partial charge in [-0.1, -0.05) is 12.1 Å². The Hall–Kier alpha value is -2.49. The van der Waals surface area contributed by atoms with Crippen molar-refractivity contribution in [2.45, 2.75) is 25.9 Å². The van der Waals surface area contributed by atoms with Gasteiger partial charge in [0.2, 0.25) is 0 Å². The van der Waals surface area contributed by atoms with Crippen LogP contribution in [0.5, 0.6) is 11.5 Å². The molecule has 4 nitrogen and oxygen atoms in total. The zero-order chi connectivity index (χ0) is 15.0. The number of phenols is 2. The molecule has 0 unspecified atom stereocenters. The maximum absolute atomic E-state index is 9.56. The number of rotatable bonds is 2. The van der Waals surface area contributed by atoms with Gasteiger partial charge in [-0.05, 0) is 60.4 Å². The minimum absolute atomic E-state index is 0.0335. The van der Waals surface area contributed by atoms with E-state index in [4.69, 9.17) is 0 Å². The molecular formula is C17H18N2O2. The van der Waals surface area contributed by atoms with Gasteiger partial charge in [-0.2, -0.15) is 0 Å². The SMILES string of the molecule is Cc1cc(O)ccc1[C@H]1N=CN[C@H]1c1ccc(O)cc1C. The lowest BCUT2D eigenvalue weighted by molar-refractivity contribution is 0.472. The van der Waals surface area contributed by atoms with Crippen molar-refractivity contribution < 1.29 is 10.2 Å². The summed E-state index contributed by atoms with van der Waals surface area (Å²) in [5, 5.41) is 22.4. The van der Waals surface area contributed by atoms with Crippen molar-refractivity contribution in [1.29, 1.82) is 0 Å². The molecular weight excluding hydrogens is 264 g/mol. The second-order valence-electron chi connectivity index (χ2n) is 5.45. The van der Waals surface area contributed by atoms with Gasteiger partial charge in [-0.3, -0.25) is 4.99 Å². The van der Waals surface area contributed by atoms with Crippen molar-refractivity contribution in [2.24, 2.45) is 4.99 Å². The average Bonchev–Trinajstić information content (AvgIpc) is 2.87. The highest BCUT2D eigenvalue weighted by Crippen LogP contribution is 2.38. The van der Waals surface area contributed by atoms with Gasteiger partial charge in [0.15, 0.2) is 0 Å². The van der Waals surface area contributed by atoms with Gasteiger partial charge in [0.05, 0.1) is 12.4 Å². The number of nitrogens with one attached hydrogen (secondary N) is 1. The largest absolute Gasteiger partial charge is 0.508 e. The van der Waals surface area contributed by atoms with E-state index in [1.54, 1.807) is 30.6 Å². The van der Waals surface area contributed by atoms with Crippen LogP contribution in [-0.2, 0) is 0 Å². The van der Waals surface area contributed by atoms with Crippen LogP contribution in [0.2, 0.25) is 0 Å². The fourth-order valence-electron chi connectivity index (χ4n) is 2.90. The highest BCUT2D eigenvalue weighted by Gasteiger charge is 2.29.